The first-order valence-electron chi connectivity index (χ1n) is 5.95. The van der Waals surface area contributed by atoms with Crippen molar-refractivity contribution in [1.82, 2.24) is 19.9 Å². The molecule has 0 amide bonds. The zero-order valence-corrected chi connectivity index (χ0v) is 10.3. The van der Waals surface area contributed by atoms with Crippen molar-refractivity contribution in [3.05, 3.63) is 48.3 Å². The summed E-state index contributed by atoms with van der Waals surface area (Å²) in [6.45, 7) is 5.97. The molecule has 2 rings (SSSR count). The van der Waals surface area contributed by atoms with Gasteiger partial charge in [0.15, 0.2) is 0 Å². The van der Waals surface area contributed by atoms with Gasteiger partial charge < -0.3 is 9.88 Å². The molecule has 0 aliphatic carbocycles. The molecule has 0 aromatic carbocycles. The summed E-state index contributed by atoms with van der Waals surface area (Å²) < 4.78 is 2.18. The van der Waals surface area contributed by atoms with E-state index < -0.39 is 0 Å². The van der Waals surface area contributed by atoms with Gasteiger partial charge in [0, 0.05) is 30.3 Å². The van der Waals surface area contributed by atoms with E-state index in [9.17, 15) is 0 Å². The van der Waals surface area contributed by atoms with E-state index >= 15 is 0 Å². The van der Waals surface area contributed by atoms with Crippen molar-refractivity contribution in [3.63, 3.8) is 0 Å². The average Bonchev–Trinajstić information content (AvgIpc) is 2.79. The number of nitrogens with one attached hydrogen (secondary N) is 1. The predicted molar refractivity (Wildman–Crippen MR) is 67.7 cm³/mol. The molecule has 2 heterocycles. The van der Waals surface area contributed by atoms with Crippen LogP contribution in [-0.2, 0) is 6.54 Å². The van der Waals surface area contributed by atoms with E-state index in [-0.39, 0.29) is 0 Å². The van der Waals surface area contributed by atoms with E-state index in [1.807, 2.05) is 6.07 Å². The number of rotatable bonds is 5. The summed E-state index contributed by atoms with van der Waals surface area (Å²) in [7, 11) is 0. The molecule has 90 valence electrons. The highest BCUT2D eigenvalue weighted by atomic mass is 15.0. The van der Waals surface area contributed by atoms with Crippen LogP contribution in [0.2, 0.25) is 0 Å². The lowest BCUT2D eigenvalue weighted by molar-refractivity contribution is 0.549. The Kier molecular flexibility index (Phi) is 3.88. The first-order chi connectivity index (χ1) is 8.31. The molecule has 4 heteroatoms. The van der Waals surface area contributed by atoms with Crippen LogP contribution in [0.25, 0.3) is 0 Å². The minimum absolute atomic E-state index is 0.346. The zero-order chi connectivity index (χ0) is 12.1. The van der Waals surface area contributed by atoms with Gasteiger partial charge in [-0.15, -0.1) is 0 Å². The van der Waals surface area contributed by atoms with Gasteiger partial charge in [-0.05, 0) is 31.7 Å². The summed E-state index contributed by atoms with van der Waals surface area (Å²) in [5.41, 5.74) is 1.26. The first-order valence-corrected chi connectivity index (χ1v) is 5.95. The van der Waals surface area contributed by atoms with E-state index in [1.54, 1.807) is 12.4 Å². The standard InChI is InChI=1S/C13H18N4/c1-3-14-11(2)12-6-4-9-17(12)10-13-15-7-5-8-16-13/h4-9,11,14H,3,10H2,1-2H3. The van der Waals surface area contributed by atoms with Crippen molar-refractivity contribution in [2.75, 3.05) is 6.54 Å². The van der Waals surface area contributed by atoms with Crippen LogP contribution in [0.15, 0.2) is 36.8 Å². The van der Waals surface area contributed by atoms with Crippen LogP contribution in [-0.4, -0.2) is 21.1 Å². The maximum atomic E-state index is 4.25. The Hall–Kier alpha value is -1.68. The highest BCUT2D eigenvalue weighted by Gasteiger charge is 2.09. The highest BCUT2D eigenvalue weighted by Crippen LogP contribution is 2.13. The van der Waals surface area contributed by atoms with Crippen LogP contribution in [0.4, 0.5) is 0 Å². The second-order valence-corrected chi connectivity index (χ2v) is 4.01. The van der Waals surface area contributed by atoms with Gasteiger partial charge in [-0.1, -0.05) is 6.92 Å². The monoisotopic (exact) mass is 230 g/mol. The van der Waals surface area contributed by atoms with Crippen molar-refractivity contribution in [2.45, 2.75) is 26.4 Å². The quantitative estimate of drug-likeness (QED) is 0.854. The van der Waals surface area contributed by atoms with Gasteiger partial charge in [-0.25, -0.2) is 9.97 Å². The fourth-order valence-corrected chi connectivity index (χ4v) is 1.94. The number of aromatic nitrogens is 3. The van der Waals surface area contributed by atoms with Crippen molar-refractivity contribution in [1.29, 1.82) is 0 Å². The fourth-order valence-electron chi connectivity index (χ4n) is 1.94. The van der Waals surface area contributed by atoms with E-state index in [0.29, 0.717) is 6.04 Å². The first kappa shape index (κ1) is 11.8. The second kappa shape index (κ2) is 5.59. The summed E-state index contributed by atoms with van der Waals surface area (Å²) in [6.07, 6.45) is 5.62. The second-order valence-electron chi connectivity index (χ2n) is 4.01. The molecular formula is C13H18N4. The maximum Gasteiger partial charge on any atom is 0.147 e. The molecule has 1 N–H and O–H groups in total. The van der Waals surface area contributed by atoms with Crippen LogP contribution < -0.4 is 5.32 Å². The van der Waals surface area contributed by atoms with E-state index in [4.69, 9.17) is 0 Å². The van der Waals surface area contributed by atoms with Gasteiger partial charge in [0.05, 0.1) is 6.54 Å². The minimum Gasteiger partial charge on any atom is -0.342 e. The lowest BCUT2D eigenvalue weighted by Gasteiger charge is -2.15. The summed E-state index contributed by atoms with van der Waals surface area (Å²) in [5, 5.41) is 3.41. The molecule has 4 nitrogen and oxygen atoms in total. The highest BCUT2D eigenvalue weighted by molar-refractivity contribution is 5.12. The SMILES string of the molecule is CCNC(C)c1cccn1Cc1ncccn1. The van der Waals surface area contributed by atoms with Crippen LogP contribution in [0.1, 0.15) is 31.4 Å². The van der Waals surface area contributed by atoms with Gasteiger partial charge in [0.1, 0.15) is 5.82 Å². The Morgan fingerprint density at radius 3 is 2.76 bits per heavy atom. The van der Waals surface area contributed by atoms with Crippen LogP contribution in [0, 0.1) is 0 Å². The normalized spacial score (nSPS) is 12.6. The number of hydrogen-bond acceptors (Lipinski definition) is 3. The minimum atomic E-state index is 0.346. The van der Waals surface area contributed by atoms with E-state index in [0.717, 1.165) is 18.9 Å². The van der Waals surface area contributed by atoms with Gasteiger partial charge in [0.25, 0.3) is 0 Å². The molecule has 17 heavy (non-hydrogen) atoms. The molecule has 0 saturated carbocycles. The molecule has 1 atom stereocenters. The smallest absolute Gasteiger partial charge is 0.147 e. The van der Waals surface area contributed by atoms with E-state index in [2.05, 4.69) is 52.0 Å². The summed E-state index contributed by atoms with van der Waals surface area (Å²) in [4.78, 5) is 8.50. The molecular weight excluding hydrogens is 212 g/mol. The van der Waals surface area contributed by atoms with E-state index in [1.165, 1.54) is 5.69 Å². The van der Waals surface area contributed by atoms with Crippen molar-refractivity contribution >= 4 is 0 Å². The Morgan fingerprint density at radius 1 is 1.29 bits per heavy atom. The zero-order valence-electron chi connectivity index (χ0n) is 10.3. The van der Waals surface area contributed by atoms with Crippen molar-refractivity contribution < 1.29 is 0 Å². The molecule has 0 fully saturated rings. The van der Waals surface area contributed by atoms with Gasteiger partial charge in [0.2, 0.25) is 0 Å². The number of hydrogen-bond donors (Lipinski definition) is 1. The number of nitrogens with zero attached hydrogens (tertiary/aromatic N) is 3. The van der Waals surface area contributed by atoms with Crippen LogP contribution in [0.5, 0.6) is 0 Å². The van der Waals surface area contributed by atoms with Crippen molar-refractivity contribution in [2.24, 2.45) is 0 Å². The molecule has 0 saturated heterocycles. The lowest BCUT2D eigenvalue weighted by Crippen LogP contribution is -2.21. The maximum absolute atomic E-state index is 4.25. The Balaban J connectivity index is 2.14. The molecule has 0 radical (unpaired) electrons. The van der Waals surface area contributed by atoms with Gasteiger partial charge in [-0.3, -0.25) is 0 Å². The third kappa shape index (κ3) is 2.91. The fraction of sp³-hybridized carbons (Fsp3) is 0.385. The third-order valence-electron chi connectivity index (χ3n) is 2.75. The van der Waals surface area contributed by atoms with Crippen LogP contribution in [0.3, 0.4) is 0 Å². The molecule has 0 aliphatic rings. The molecule has 2 aromatic rings. The Morgan fingerprint density at radius 2 is 2.06 bits per heavy atom. The average molecular weight is 230 g/mol. The van der Waals surface area contributed by atoms with Gasteiger partial charge >= 0.3 is 0 Å². The van der Waals surface area contributed by atoms with Crippen molar-refractivity contribution in [3.8, 4) is 0 Å². The molecule has 1 unspecified atom stereocenters. The summed E-state index contributed by atoms with van der Waals surface area (Å²) >= 11 is 0. The van der Waals surface area contributed by atoms with Gasteiger partial charge in [-0.2, -0.15) is 0 Å². The molecule has 0 spiro atoms. The topological polar surface area (TPSA) is 42.7 Å². The molecule has 2 aromatic heterocycles. The predicted octanol–water partition coefficient (Wildman–Crippen LogP) is 2.00. The third-order valence-corrected chi connectivity index (χ3v) is 2.75. The lowest BCUT2D eigenvalue weighted by atomic mass is 10.2. The molecule has 0 bridgehead atoms. The van der Waals surface area contributed by atoms with Crippen LogP contribution >= 0.6 is 0 Å². The largest absolute Gasteiger partial charge is 0.342 e. The Labute approximate surface area is 102 Å². The summed E-state index contributed by atoms with van der Waals surface area (Å²) in [6, 6.07) is 6.38. The molecule has 0 aliphatic heterocycles. The summed E-state index contributed by atoms with van der Waals surface area (Å²) in [5.74, 6) is 0.841. The Bertz CT molecular complexity index is 449.